The number of carboxylic acid groups (broad SMARTS) is 1. The van der Waals surface area contributed by atoms with Crippen LogP contribution in [0.4, 0.5) is 48.3 Å². The number of hydrogen-bond donors (Lipinski definition) is 0. The van der Waals surface area contributed by atoms with Gasteiger partial charge >= 0.3 is 53.5 Å². The maximum absolute atomic E-state index is 12.8. The van der Waals surface area contributed by atoms with Crippen molar-refractivity contribution in [1.29, 1.82) is 0 Å². The molecule has 118 valence electrons. The Morgan fingerprint density at radius 3 is 1.10 bits per heavy atom. The Bertz CT molecular complexity index is 393. The molecule has 21 heavy (non-hydrogen) atoms. The first-order chi connectivity index (χ1) is 8.51. The number of carbonyl (C=O) groups is 1. The maximum atomic E-state index is 12.8. The zero-order valence-electron chi connectivity index (χ0n) is 9.47. The standard InChI is InChI=1S/C7HF11O2.Na/c8-1(3(19)20)2(9)4(5(10,11)12,6(13,14)15)7(16,17)18;/h(H,19,20);/q;+1/p-1/b2-1+;. The van der Waals surface area contributed by atoms with Gasteiger partial charge in [-0.25, -0.2) is 8.78 Å². The summed E-state index contributed by atoms with van der Waals surface area (Å²) in [5, 5.41) is 9.68. The van der Waals surface area contributed by atoms with Gasteiger partial charge in [0.15, 0.2) is 11.7 Å². The molecule has 0 aliphatic carbocycles. The normalized spacial score (nSPS) is 15.2. The van der Waals surface area contributed by atoms with E-state index in [2.05, 4.69) is 0 Å². The molecule has 0 fully saturated rings. The number of rotatable bonds is 2. The Morgan fingerprint density at radius 2 is 0.952 bits per heavy atom. The van der Waals surface area contributed by atoms with Crippen molar-refractivity contribution in [3.63, 3.8) is 0 Å². The molecule has 0 unspecified atom stereocenters. The number of alkyl halides is 9. The maximum Gasteiger partial charge on any atom is 1.00 e. The van der Waals surface area contributed by atoms with Crippen molar-refractivity contribution in [2.45, 2.75) is 18.5 Å². The average Bonchev–Trinajstić information content (AvgIpc) is 2.09. The first-order valence-electron chi connectivity index (χ1n) is 3.99. The molecule has 0 amide bonds. The SMILES string of the molecule is O=C([O-])/C(F)=C(\F)C(C(F)(F)F)(C(F)(F)F)C(F)(F)F.[Na+]. The Hall–Kier alpha value is -0.560. The predicted octanol–water partition coefficient (Wildman–Crippen LogP) is -0.436. The molecule has 0 saturated carbocycles. The second-order valence-electron chi connectivity index (χ2n) is 3.16. The van der Waals surface area contributed by atoms with E-state index in [4.69, 9.17) is 0 Å². The Kier molecular flexibility index (Phi) is 6.79. The monoisotopic (exact) mass is 348 g/mol. The first-order valence-corrected chi connectivity index (χ1v) is 3.99. The molecule has 0 N–H and O–H groups in total. The van der Waals surface area contributed by atoms with Gasteiger partial charge in [-0.3, -0.25) is 0 Å². The Balaban J connectivity index is 0. The summed E-state index contributed by atoms with van der Waals surface area (Å²) in [6.07, 6.45) is -22.3. The van der Waals surface area contributed by atoms with Gasteiger partial charge in [0.2, 0.25) is 0 Å². The largest absolute Gasteiger partial charge is 1.00 e. The molecule has 0 aromatic carbocycles. The van der Waals surface area contributed by atoms with Gasteiger partial charge in [0, 0.05) is 0 Å². The van der Waals surface area contributed by atoms with Gasteiger partial charge in [0.05, 0.1) is 0 Å². The van der Waals surface area contributed by atoms with Crippen LogP contribution in [-0.4, -0.2) is 24.5 Å². The number of hydrogen-bond acceptors (Lipinski definition) is 2. The van der Waals surface area contributed by atoms with Gasteiger partial charge < -0.3 is 9.90 Å². The molecule has 0 aromatic heterocycles. The summed E-state index contributed by atoms with van der Waals surface area (Å²) < 4.78 is 134. The van der Waals surface area contributed by atoms with Crippen molar-refractivity contribution in [3.05, 3.63) is 11.7 Å². The first kappa shape index (κ1) is 22.7. The van der Waals surface area contributed by atoms with E-state index >= 15 is 0 Å². The molecule has 0 rings (SSSR count). The van der Waals surface area contributed by atoms with Crippen molar-refractivity contribution in [2.75, 3.05) is 0 Å². The summed E-state index contributed by atoms with van der Waals surface area (Å²) in [5.74, 6) is -12.2. The van der Waals surface area contributed by atoms with E-state index < -0.39 is 41.6 Å². The van der Waals surface area contributed by atoms with E-state index in [-0.39, 0.29) is 29.6 Å². The van der Waals surface area contributed by atoms with Gasteiger partial charge in [0.1, 0.15) is 5.97 Å². The summed E-state index contributed by atoms with van der Waals surface area (Å²) >= 11 is 0. The minimum absolute atomic E-state index is 0. The molecule has 0 radical (unpaired) electrons. The summed E-state index contributed by atoms with van der Waals surface area (Å²) in [5.41, 5.74) is -7.31. The average molecular weight is 348 g/mol. The Morgan fingerprint density at radius 1 is 0.714 bits per heavy atom. The fraction of sp³-hybridized carbons (Fsp3) is 0.571. The van der Waals surface area contributed by atoms with Gasteiger partial charge in [0.25, 0.3) is 0 Å². The molecule has 0 bridgehead atoms. The van der Waals surface area contributed by atoms with Crippen LogP contribution < -0.4 is 34.7 Å². The molecule has 0 aliphatic rings. The van der Waals surface area contributed by atoms with E-state index in [1.807, 2.05) is 0 Å². The van der Waals surface area contributed by atoms with Crippen LogP contribution in [0.2, 0.25) is 0 Å². The summed E-state index contributed by atoms with van der Waals surface area (Å²) in [4.78, 5) is 9.68. The van der Waals surface area contributed by atoms with Gasteiger partial charge in [-0.2, -0.15) is 39.5 Å². The van der Waals surface area contributed by atoms with E-state index in [0.717, 1.165) is 0 Å². The fourth-order valence-electron chi connectivity index (χ4n) is 1.11. The minimum Gasteiger partial charge on any atom is -0.542 e. The van der Waals surface area contributed by atoms with Crippen LogP contribution in [-0.2, 0) is 4.79 Å². The third-order valence-electron chi connectivity index (χ3n) is 1.98. The molecule has 0 aliphatic heterocycles. The molecular weight excluding hydrogens is 348 g/mol. The Labute approximate surface area is 129 Å². The zero-order valence-corrected chi connectivity index (χ0v) is 11.5. The number of carbonyl (C=O) groups excluding carboxylic acids is 1. The quantitative estimate of drug-likeness (QED) is 0.386. The molecule has 2 nitrogen and oxygen atoms in total. The zero-order chi connectivity index (χ0) is 16.7. The predicted molar refractivity (Wildman–Crippen MR) is 34.8 cm³/mol. The third-order valence-corrected chi connectivity index (χ3v) is 1.98. The van der Waals surface area contributed by atoms with E-state index in [0.29, 0.717) is 0 Å². The molecule has 0 spiro atoms. The van der Waals surface area contributed by atoms with Gasteiger partial charge in [-0.15, -0.1) is 0 Å². The summed E-state index contributed by atoms with van der Waals surface area (Å²) in [6, 6.07) is 0. The second kappa shape index (κ2) is 6.28. The van der Waals surface area contributed by atoms with Crippen molar-refractivity contribution in [3.8, 4) is 0 Å². The molecule has 0 atom stereocenters. The van der Waals surface area contributed by atoms with Crippen LogP contribution >= 0.6 is 0 Å². The number of halogens is 11. The van der Waals surface area contributed by atoms with Crippen LogP contribution in [0, 0.1) is 5.41 Å². The topological polar surface area (TPSA) is 40.1 Å². The number of allylic oxidation sites excluding steroid dienone is 1. The van der Waals surface area contributed by atoms with E-state index in [1.54, 1.807) is 0 Å². The van der Waals surface area contributed by atoms with E-state index in [9.17, 15) is 58.2 Å². The van der Waals surface area contributed by atoms with Crippen LogP contribution in [0.3, 0.4) is 0 Å². The van der Waals surface area contributed by atoms with E-state index in [1.165, 1.54) is 0 Å². The van der Waals surface area contributed by atoms with Gasteiger partial charge in [-0.1, -0.05) is 0 Å². The minimum atomic E-state index is -7.44. The summed E-state index contributed by atoms with van der Waals surface area (Å²) in [6.45, 7) is 0. The van der Waals surface area contributed by atoms with Gasteiger partial charge in [-0.05, 0) is 0 Å². The van der Waals surface area contributed by atoms with Crippen LogP contribution in [0.25, 0.3) is 0 Å². The fourth-order valence-corrected chi connectivity index (χ4v) is 1.11. The van der Waals surface area contributed by atoms with Crippen LogP contribution in [0.5, 0.6) is 0 Å². The van der Waals surface area contributed by atoms with Crippen molar-refractivity contribution in [1.82, 2.24) is 0 Å². The smallest absolute Gasteiger partial charge is 0.542 e. The summed E-state index contributed by atoms with van der Waals surface area (Å²) in [7, 11) is 0. The van der Waals surface area contributed by atoms with Crippen LogP contribution in [0.15, 0.2) is 11.7 Å². The number of aliphatic carboxylic acids is 1. The third kappa shape index (κ3) is 3.62. The second-order valence-corrected chi connectivity index (χ2v) is 3.16. The van der Waals surface area contributed by atoms with Crippen molar-refractivity contribution < 1.29 is 87.8 Å². The van der Waals surface area contributed by atoms with Crippen LogP contribution in [0.1, 0.15) is 0 Å². The van der Waals surface area contributed by atoms with Crippen molar-refractivity contribution >= 4 is 5.97 Å². The number of carboxylic acids is 1. The molecule has 0 saturated heterocycles. The van der Waals surface area contributed by atoms with Crippen molar-refractivity contribution in [2.24, 2.45) is 5.41 Å². The molecule has 0 aromatic rings. The molecule has 0 heterocycles. The molecular formula is C7F11NaO2. The molecule has 14 heteroatoms.